The predicted octanol–water partition coefficient (Wildman–Crippen LogP) is 14.8. The zero-order valence-corrected chi connectivity index (χ0v) is 46.1. The van der Waals surface area contributed by atoms with Gasteiger partial charge in [0.25, 0.3) is 0 Å². The Labute approximate surface area is 443 Å². The summed E-state index contributed by atoms with van der Waals surface area (Å²) in [5, 5.41) is 31.4. The van der Waals surface area contributed by atoms with Gasteiger partial charge in [-0.05, 0) is 103 Å². The Morgan fingerprint density at radius 3 is 1.33 bits per heavy atom. The van der Waals surface area contributed by atoms with Crippen LogP contribution in [-0.4, -0.2) is 89.2 Å². The normalized spacial score (nSPS) is 18.7. The quantitative estimate of drug-likeness (QED) is 0.0228. The van der Waals surface area contributed by atoms with Gasteiger partial charge in [0.05, 0.1) is 6.61 Å². The minimum atomic E-state index is -1.91. The molecular formula is C61H104O12. The molecule has 1 heterocycles. The molecule has 0 aliphatic carbocycles. The van der Waals surface area contributed by atoms with Crippen LogP contribution in [0.1, 0.15) is 252 Å². The Morgan fingerprint density at radius 2 is 0.836 bits per heavy atom. The van der Waals surface area contributed by atoms with Crippen molar-refractivity contribution in [3.63, 3.8) is 0 Å². The second kappa shape index (κ2) is 49.3. The fourth-order valence-electron chi connectivity index (χ4n) is 8.47. The number of aliphatic carboxylic acids is 1. The fraction of sp³-hybridized carbons (Fsp3) is 0.770. The maximum Gasteiger partial charge on any atom is 0.335 e. The number of carboxylic acids is 1. The zero-order chi connectivity index (χ0) is 53.3. The molecular weight excluding hydrogens is 925 g/mol. The summed E-state index contributed by atoms with van der Waals surface area (Å²) in [7, 11) is 0. The number of allylic oxidation sites excluding steroid dienone is 10. The first-order chi connectivity index (χ1) is 35.6. The van der Waals surface area contributed by atoms with Gasteiger partial charge < -0.3 is 39.0 Å². The molecule has 3 N–H and O–H groups in total. The maximum atomic E-state index is 13.1. The Balaban J connectivity index is 2.68. The highest BCUT2D eigenvalue weighted by Crippen LogP contribution is 2.26. The van der Waals surface area contributed by atoms with Gasteiger partial charge in [-0.1, -0.05) is 191 Å². The third-order valence-corrected chi connectivity index (χ3v) is 13.0. The first-order valence-electron chi connectivity index (χ1n) is 29.3. The zero-order valence-electron chi connectivity index (χ0n) is 46.1. The van der Waals surface area contributed by atoms with Crippen LogP contribution in [0.4, 0.5) is 0 Å². The third kappa shape index (κ3) is 39.5. The van der Waals surface area contributed by atoms with Crippen LogP contribution in [0.15, 0.2) is 60.8 Å². The van der Waals surface area contributed by atoms with Gasteiger partial charge in [0.2, 0.25) is 0 Å². The van der Waals surface area contributed by atoms with Crippen LogP contribution in [0.2, 0.25) is 0 Å². The highest BCUT2D eigenvalue weighted by Gasteiger charge is 2.50. The molecule has 12 heteroatoms. The number of carboxylic acid groups (broad SMARTS) is 1. The van der Waals surface area contributed by atoms with Gasteiger partial charge >= 0.3 is 23.9 Å². The van der Waals surface area contributed by atoms with Crippen molar-refractivity contribution >= 4 is 23.9 Å². The van der Waals surface area contributed by atoms with E-state index in [-0.39, 0.29) is 25.9 Å². The molecule has 1 rings (SSSR count). The number of aliphatic hydroxyl groups is 2. The SMILES string of the molecule is CCCC/C=C\CCCCCCCC(=O)OC(COC(=O)CCCCCCC/C=C\CCCCCC)COC1OC(C(=O)O)C(O)C(O)C1OC(=O)CCCCCCCC/C=C\C/C=C\C/C=C\CCCCC. The van der Waals surface area contributed by atoms with Crippen molar-refractivity contribution in [1.29, 1.82) is 0 Å². The molecule has 0 aromatic rings. The van der Waals surface area contributed by atoms with Crippen molar-refractivity contribution < 1.29 is 58.2 Å². The highest BCUT2D eigenvalue weighted by atomic mass is 16.7. The molecule has 0 radical (unpaired) electrons. The molecule has 1 saturated heterocycles. The number of hydrogen-bond donors (Lipinski definition) is 3. The highest BCUT2D eigenvalue weighted by molar-refractivity contribution is 5.74. The van der Waals surface area contributed by atoms with Crippen LogP contribution < -0.4 is 0 Å². The smallest absolute Gasteiger partial charge is 0.335 e. The van der Waals surface area contributed by atoms with Crippen molar-refractivity contribution in [2.24, 2.45) is 0 Å². The summed E-state index contributed by atoms with van der Waals surface area (Å²) in [6, 6.07) is 0. The first kappa shape index (κ1) is 67.4. The molecule has 6 unspecified atom stereocenters. The molecule has 1 fully saturated rings. The van der Waals surface area contributed by atoms with E-state index in [0.29, 0.717) is 19.3 Å². The van der Waals surface area contributed by atoms with Crippen LogP contribution in [0.3, 0.4) is 0 Å². The molecule has 0 bridgehead atoms. The molecule has 73 heavy (non-hydrogen) atoms. The van der Waals surface area contributed by atoms with Crippen molar-refractivity contribution in [1.82, 2.24) is 0 Å². The topological polar surface area (TPSA) is 175 Å². The second-order valence-corrected chi connectivity index (χ2v) is 19.9. The minimum Gasteiger partial charge on any atom is -0.479 e. The van der Waals surface area contributed by atoms with E-state index >= 15 is 0 Å². The molecule has 12 nitrogen and oxygen atoms in total. The maximum absolute atomic E-state index is 13.1. The summed E-state index contributed by atoms with van der Waals surface area (Å²) in [6.07, 6.45) is 47.6. The van der Waals surface area contributed by atoms with Crippen molar-refractivity contribution in [3.8, 4) is 0 Å². The largest absolute Gasteiger partial charge is 0.479 e. The van der Waals surface area contributed by atoms with Crippen molar-refractivity contribution in [2.45, 2.75) is 289 Å². The van der Waals surface area contributed by atoms with E-state index in [2.05, 4.69) is 81.5 Å². The van der Waals surface area contributed by atoms with Gasteiger partial charge in [-0.25, -0.2) is 4.79 Å². The third-order valence-electron chi connectivity index (χ3n) is 13.0. The molecule has 0 aromatic heterocycles. The molecule has 6 atom stereocenters. The second-order valence-electron chi connectivity index (χ2n) is 19.9. The van der Waals surface area contributed by atoms with Crippen LogP contribution in [0, 0.1) is 0 Å². The minimum absolute atomic E-state index is 0.0438. The monoisotopic (exact) mass is 1030 g/mol. The lowest BCUT2D eigenvalue weighted by molar-refractivity contribution is -0.301. The number of esters is 3. The summed E-state index contributed by atoms with van der Waals surface area (Å²) in [5.74, 6) is -3.15. The number of unbranched alkanes of at least 4 members (excludes halogenated alkanes) is 25. The number of ether oxygens (including phenoxy) is 5. The average Bonchev–Trinajstić information content (AvgIpc) is 3.37. The van der Waals surface area contributed by atoms with Gasteiger partial charge in [-0.2, -0.15) is 0 Å². The van der Waals surface area contributed by atoms with E-state index in [1.165, 1.54) is 64.2 Å². The lowest BCUT2D eigenvalue weighted by Gasteiger charge is -2.40. The predicted molar refractivity (Wildman–Crippen MR) is 294 cm³/mol. The van der Waals surface area contributed by atoms with E-state index in [1.54, 1.807) is 0 Å². The number of rotatable bonds is 49. The summed E-state index contributed by atoms with van der Waals surface area (Å²) in [5.41, 5.74) is 0. The fourth-order valence-corrected chi connectivity index (χ4v) is 8.47. The van der Waals surface area contributed by atoms with Gasteiger partial charge in [0.15, 0.2) is 24.6 Å². The first-order valence-corrected chi connectivity index (χ1v) is 29.3. The lowest BCUT2D eigenvalue weighted by Crippen LogP contribution is -2.61. The van der Waals surface area contributed by atoms with Crippen LogP contribution in [0.25, 0.3) is 0 Å². The Kier molecular flexibility index (Phi) is 45.5. The molecule has 0 spiro atoms. The number of aliphatic hydroxyl groups excluding tert-OH is 2. The van der Waals surface area contributed by atoms with E-state index in [1.807, 2.05) is 0 Å². The lowest BCUT2D eigenvalue weighted by atomic mass is 9.98. The van der Waals surface area contributed by atoms with Crippen LogP contribution in [-0.2, 0) is 42.9 Å². The van der Waals surface area contributed by atoms with Crippen LogP contribution in [0.5, 0.6) is 0 Å². The summed E-state index contributed by atoms with van der Waals surface area (Å²) in [6.45, 7) is 5.89. The summed E-state index contributed by atoms with van der Waals surface area (Å²) < 4.78 is 28.4. The molecule has 420 valence electrons. The number of carbonyl (C=O) groups is 4. The van der Waals surface area contributed by atoms with E-state index in [0.717, 1.165) is 128 Å². The number of carbonyl (C=O) groups excluding carboxylic acids is 3. The van der Waals surface area contributed by atoms with E-state index in [4.69, 9.17) is 23.7 Å². The summed E-state index contributed by atoms with van der Waals surface area (Å²) in [4.78, 5) is 51.0. The average molecular weight is 1030 g/mol. The Hall–Kier alpha value is -3.58. The van der Waals surface area contributed by atoms with Gasteiger partial charge in [0, 0.05) is 19.3 Å². The standard InChI is InChI=1S/C61H104O12/c1-4-7-10-13-16-19-22-24-25-26-27-28-29-31-34-37-40-43-46-49-55(64)72-59-57(66)56(65)58(60(67)68)73-61(59)70-51-52(71-54(63)48-45-42-39-36-32-21-18-15-12-9-6-3)50-69-53(62)47-44-41-38-35-33-30-23-20-17-14-11-8-5-2/h15-16,18-20,23-25,27-28,52,56-59,61,65-66H,4-14,17,21-22,26,29-51H2,1-3H3,(H,67,68)/b18-15-,19-16-,23-20-,25-24-,28-27-. The van der Waals surface area contributed by atoms with Gasteiger partial charge in [-0.15, -0.1) is 0 Å². The molecule has 0 amide bonds. The van der Waals surface area contributed by atoms with Gasteiger partial charge in [-0.3, -0.25) is 14.4 Å². The van der Waals surface area contributed by atoms with Crippen LogP contribution >= 0.6 is 0 Å². The van der Waals surface area contributed by atoms with E-state index in [9.17, 15) is 34.5 Å². The molecule has 1 aliphatic rings. The van der Waals surface area contributed by atoms with Crippen molar-refractivity contribution in [3.05, 3.63) is 60.8 Å². The molecule has 0 aromatic carbocycles. The van der Waals surface area contributed by atoms with E-state index < -0.39 is 67.3 Å². The van der Waals surface area contributed by atoms with Crippen molar-refractivity contribution in [2.75, 3.05) is 13.2 Å². The Bertz CT molecular complexity index is 1500. The summed E-state index contributed by atoms with van der Waals surface area (Å²) >= 11 is 0. The Morgan fingerprint density at radius 1 is 0.452 bits per heavy atom. The number of hydrogen-bond acceptors (Lipinski definition) is 11. The molecule has 1 aliphatic heterocycles. The van der Waals surface area contributed by atoms with Gasteiger partial charge in [0.1, 0.15) is 18.8 Å². The molecule has 0 saturated carbocycles.